The first-order valence-corrected chi connectivity index (χ1v) is 5.60. The molecule has 1 atom stereocenters. The summed E-state index contributed by atoms with van der Waals surface area (Å²) in [6.45, 7) is 4.38. The number of ether oxygens (including phenoxy) is 1. The van der Waals surface area contributed by atoms with Crippen molar-refractivity contribution in [2.24, 2.45) is 0 Å². The van der Waals surface area contributed by atoms with Gasteiger partial charge in [0.25, 0.3) is 0 Å². The molecule has 0 aliphatic rings. The lowest BCUT2D eigenvalue weighted by Crippen LogP contribution is -2.24. The van der Waals surface area contributed by atoms with E-state index in [9.17, 15) is 9.18 Å². The Labute approximate surface area is 95.4 Å². The van der Waals surface area contributed by atoms with E-state index < -0.39 is 6.10 Å². The fraction of sp³-hybridized carbons (Fsp3) is 0.462. The number of ketones is 1. The Kier molecular flexibility index (Phi) is 5.12. The van der Waals surface area contributed by atoms with E-state index in [1.54, 1.807) is 0 Å². The van der Waals surface area contributed by atoms with Gasteiger partial charge in [-0.05, 0) is 37.6 Å². The van der Waals surface area contributed by atoms with E-state index in [2.05, 4.69) is 0 Å². The molecule has 1 rings (SSSR count). The van der Waals surface area contributed by atoms with Crippen LogP contribution in [0.4, 0.5) is 4.39 Å². The number of halogens is 1. The number of carbonyl (C=O) groups excluding carboxylic acids is 1. The third kappa shape index (κ3) is 3.42. The standard InChI is InChI=1S/C13H17FO2/c1-3-5-12(16-4-2)13(15)10-6-8-11(14)9-7-10/h6-9,12H,3-5H2,1-2H3. The lowest BCUT2D eigenvalue weighted by Gasteiger charge is -2.14. The van der Waals surface area contributed by atoms with Crippen LogP contribution in [-0.2, 0) is 4.74 Å². The molecule has 88 valence electrons. The molecule has 1 unspecified atom stereocenters. The van der Waals surface area contributed by atoms with Crippen LogP contribution in [0.1, 0.15) is 37.0 Å². The predicted octanol–water partition coefficient (Wildman–Crippen LogP) is 3.21. The van der Waals surface area contributed by atoms with Gasteiger partial charge in [0.05, 0.1) is 0 Å². The van der Waals surface area contributed by atoms with Crippen molar-refractivity contribution in [2.45, 2.75) is 32.8 Å². The van der Waals surface area contributed by atoms with Crippen LogP contribution in [0.2, 0.25) is 0 Å². The summed E-state index contributed by atoms with van der Waals surface area (Å²) in [5, 5.41) is 0. The smallest absolute Gasteiger partial charge is 0.191 e. The number of hydrogen-bond acceptors (Lipinski definition) is 2. The first-order valence-electron chi connectivity index (χ1n) is 5.60. The van der Waals surface area contributed by atoms with Gasteiger partial charge in [0.1, 0.15) is 11.9 Å². The SMILES string of the molecule is CCCC(OCC)C(=O)c1ccc(F)cc1. The molecule has 0 saturated heterocycles. The Bertz CT molecular complexity index is 326. The van der Waals surface area contributed by atoms with Crippen molar-refractivity contribution in [3.05, 3.63) is 35.6 Å². The highest BCUT2D eigenvalue weighted by atomic mass is 19.1. The van der Waals surface area contributed by atoms with Gasteiger partial charge in [-0.3, -0.25) is 4.79 Å². The van der Waals surface area contributed by atoms with Gasteiger partial charge in [0, 0.05) is 12.2 Å². The first kappa shape index (κ1) is 12.8. The monoisotopic (exact) mass is 224 g/mol. The topological polar surface area (TPSA) is 26.3 Å². The maximum absolute atomic E-state index is 12.7. The third-order valence-corrected chi connectivity index (χ3v) is 2.34. The molecule has 0 heterocycles. The van der Waals surface area contributed by atoms with E-state index in [1.807, 2.05) is 13.8 Å². The van der Waals surface area contributed by atoms with E-state index >= 15 is 0 Å². The minimum Gasteiger partial charge on any atom is -0.370 e. The van der Waals surface area contributed by atoms with Crippen molar-refractivity contribution in [3.8, 4) is 0 Å². The largest absolute Gasteiger partial charge is 0.370 e. The maximum atomic E-state index is 12.7. The van der Waals surface area contributed by atoms with Crippen molar-refractivity contribution >= 4 is 5.78 Å². The molecule has 0 spiro atoms. The summed E-state index contributed by atoms with van der Waals surface area (Å²) >= 11 is 0. The van der Waals surface area contributed by atoms with Gasteiger partial charge in [0.15, 0.2) is 5.78 Å². The fourth-order valence-electron chi connectivity index (χ4n) is 1.55. The number of hydrogen-bond donors (Lipinski definition) is 0. The van der Waals surface area contributed by atoms with Gasteiger partial charge < -0.3 is 4.74 Å². The molecule has 2 nitrogen and oxygen atoms in total. The van der Waals surface area contributed by atoms with Crippen LogP contribution < -0.4 is 0 Å². The Hall–Kier alpha value is -1.22. The van der Waals surface area contributed by atoms with E-state index in [0.29, 0.717) is 18.6 Å². The highest BCUT2D eigenvalue weighted by Crippen LogP contribution is 2.12. The minimum atomic E-state index is -0.402. The van der Waals surface area contributed by atoms with Crippen molar-refractivity contribution < 1.29 is 13.9 Å². The van der Waals surface area contributed by atoms with Crippen LogP contribution in [0.25, 0.3) is 0 Å². The van der Waals surface area contributed by atoms with Gasteiger partial charge in [-0.15, -0.1) is 0 Å². The Balaban J connectivity index is 2.77. The van der Waals surface area contributed by atoms with E-state index in [-0.39, 0.29) is 11.6 Å². The molecule has 0 aliphatic carbocycles. The second-order valence-electron chi connectivity index (χ2n) is 3.60. The molecule has 1 aromatic carbocycles. The van der Waals surface area contributed by atoms with Crippen LogP contribution >= 0.6 is 0 Å². The highest BCUT2D eigenvalue weighted by molar-refractivity contribution is 5.99. The molecule has 16 heavy (non-hydrogen) atoms. The van der Waals surface area contributed by atoms with Crippen LogP contribution in [0, 0.1) is 5.82 Å². The summed E-state index contributed by atoms with van der Waals surface area (Å²) in [6, 6.07) is 5.59. The zero-order valence-corrected chi connectivity index (χ0v) is 9.70. The van der Waals surface area contributed by atoms with Gasteiger partial charge >= 0.3 is 0 Å². The second-order valence-corrected chi connectivity index (χ2v) is 3.60. The molecular formula is C13H17FO2. The summed E-state index contributed by atoms with van der Waals surface area (Å²) < 4.78 is 18.1. The van der Waals surface area contributed by atoms with Crippen molar-refractivity contribution in [3.63, 3.8) is 0 Å². The van der Waals surface area contributed by atoms with E-state index in [0.717, 1.165) is 6.42 Å². The zero-order valence-electron chi connectivity index (χ0n) is 9.70. The Morgan fingerprint density at radius 2 is 1.94 bits per heavy atom. The van der Waals surface area contributed by atoms with Crippen LogP contribution in [0.5, 0.6) is 0 Å². The van der Waals surface area contributed by atoms with E-state index in [1.165, 1.54) is 24.3 Å². The van der Waals surface area contributed by atoms with Gasteiger partial charge in [-0.2, -0.15) is 0 Å². The van der Waals surface area contributed by atoms with Crippen LogP contribution in [0.3, 0.4) is 0 Å². The summed E-state index contributed by atoms with van der Waals surface area (Å²) in [5.74, 6) is -0.399. The molecule has 0 bridgehead atoms. The van der Waals surface area contributed by atoms with Crippen LogP contribution in [-0.4, -0.2) is 18.5 Å². The molecule has 0 fully saturated rings. The first-order chi connectivity index (χ1) is 7.69. The Morgan fingerprint density at radius 1 is 1.31 bits per heavy atom. The highest BCUT2D eigenvalue weighted by Gasteiger charge is 2.19. The quantitative estimate of drug-likeness (QED) is 0.693. The molecule has 0 aromatic heterocycles. The number of benzene rings is 1. The maximum Gasteiger partial charge on any atom is 0.191 e. The third-order valence-electron chi connectivity index (χ3n) is 2.34. The number of carbonyl (C=O) groups is 1. The summed E-state index contributed by atoms with van der Waals surface area (Å²) in [7, 11) is 0. The zero-order chi connectivity index (χ0) is 12.0. The number of rotatable bonds is 6. The molecule has 0 aliphatic heterocycles. The molecule has 3 heteroatoms. The molecule has 0 saturated carbocycles. The molecular weight excluding hydrogens is 207 g/mol. The van der Waals surface area contributed by atoms with Gasteiger partial charge in [-0.1, -0.05) is 13.3 Å². The van der Waals surface area contributed by atoms with Gasteiger partial charge in [-0.25, -0.2) is 4.39 Å². The van der Waals surface area contributed by atoms with E-state index in [4.69, 9.17) is 4.74 Å². The predicted molar refractivity (Wildman–Crippen MR) is 61.1 cm³/mol. The van der Waals surface area contributed by atoms with Crippen molar-refractivity contribution in [2.75, 3.05) is 6.61 Å². The second kappa shape index (κ2) is 6.38. The normalized spacial score (nSPS) is 12.4. The van der Waals surface area contributed by atoms with Crippen LogP contribution in [0.15, 0.2) is 24.3 Å². The summed E-state index contributed by atoms with van der Waals surface area (Å²) in [6.07, 6.45) is 1.18. The average molecular weight is 224 g/mol. The van der Waals surface area contributed by atoms with Gasteiger partial charge in [0.2, 0.25) is 0 Å². The summed E-state index contributed by atoms with van der Waals surface area (Å²) in [5.41, 5.74) is 0.508. The molecule has 1 aromatic rings. The average Bonchev–Trinajstić information content (AvgIpc) is 2.29. The lowest BCUT2D eigenvalue weighted by molar-refractivity contribution is 0.0423. The molecule has 0 N–H and O–H groups in total. The minimum absolute atomic E-state index is 0.0660. The molecule has 0 radical (unpaired) electrons. The Morgan fingerprint density at radius 3 is 2.44 bits per heavy atom. The van der Waals surface area contributed by atoms with Crippen molar-refractivity contribution in [1.82, 2.24) is 0 Å². The van der Waals surface area contributed by atoms with Crippen molar-refractivity contribution in [1.29, 1.82) is 0 Å². The fourth-order valence-corrected chi connectivity index (χ4v) is 1.55. The number of Topliss-reactive ketones (excluding diaryl/α,β-unsaturated/α-hetero) is 1. The lowest BCUT2D eigenvalue weighted by atomic mass is 10.0. The molecule has 0 amide bonds. The summed E-state index contributed by atoms with van der Waals surface area (Å²) in [4.78, 5) is 12.0.